The van der Waals surface area contributed by atoms with Crippen LogP contribution in [0.5, 0.6) is 0 Å². The van der Waals surface area contributed by atoms with Crippen LogP contribution >= 0.6 is 0 Å². The van der Waals surface area contributed by atoms with Crippen LogP contribution in [0.2, 0.25) is 0 Å². The van der Waals surface area contributed by atoms with Gasteiger partial charge in [0.25, 0.3) is 0 Å². The minimum absolute atomic E-state index is 0.715. The minimum atomic E-state index is 0.715. The third-order valence-corrected chi connectivity index (χ3v) is 5.77. The third-order valence-electron chi connectivity index (χ3n) is 5.77. The first-order valence-corrected chi connectivity index (χ1v) is 9.55. The Bertz CT molecular complexity index is 312. The Morgan fingerprint density at radius 3 is 2.19 bits per heavy atom. The van der Waals surface area contributed by atoms with Gasteiger partial charge in [-0.15, -0.1) is 0 Å². The Morgan fingerprint density at radius 1 is 1.10 bits per heavy atom. The lowest BCUT2D eigenvalue weighted by atomic mass is 9.66. The smallest absolute Gasteiger partial charge is 0.0257 e. The average Bonchev–Trinajstić information content (AvgIpc) is 2.35. The largest absolute Gasteiger partial charge is 0.0822 e. The Kier molecular flexibility index (Phi) is 8.06. The molecule has 0 N–H and O–H groups in total. The molecular weight excluding hydrogens is 252 g/mol. The summed E-state index contributed by atoms with van der Waals surface area (Å²) in [5.41, 5.74) is 1.72. The van der Waals surface area contributed by atoms with Gasteiger partial charge in [0.2, 0.25) is 0 Å². The summed E-state index contributed by atoms with van der Waals surface area (Å²) >= 11 is 0. The van der Waals surface area contributed by atoms with E-state index >= 15 is 0 Å². The van der Waals surface area contributed by atoms with E-state index in [1.165, 1.54) is 38.5 Å². The van der Waals surface area contributed by atoms with E-state index in [0.29, 0.717) is 5.92 Å². The van der Waals surface area contributed by atoms with Gasteiger partial charge in [-0.05, 0) is 54.8 Å². The van der Waals surface area contributed by atoms with Gasteiger partial charge in [-0.1, -0.05) is 79.4 Å². The van der Waals surface area contributed by atoms with Gasteiger partial charge in [0, 0.05) is 0 Å². The van der Waals surface area contributed by atoms with Gasteiger partial charge >= 0.3 is 0 Å². The van der Waals surface area contributed by atoms with Crippen LogP contribution in [0.4, 0.5) is 0 Å². The summed E-state index contributed by atoms with van der Waals surface area (Å²) in [4.78, 5) is 0. The molecule has 0 radical (unpaired) electrons. The topological polar surface area (TPSA) is 0 Å². The lowest BCUT2D eigenvalue weighted by molar-refractivity contribution is 0.127. The molecule has 0 aromatic carbocycles. The van der Waals surface area contributed by atoms with Crippen molar-refractivity contribution in [1.82, 2.24) is 0 Å². The molecule has 21 heavy (non-hydrogen) atoms. The summed E-state index contributed by atoms with van der Waals surface area (Å²) in [5.74, 6) is 5.17. The van der Waals surface area contributed by atoms with Crippen molar-refractivity contribution < 1.29 is 0 Å². The number of hydrogen-bond donors (Lipinski definition) is 0. The molecule has 0 aromatic rings. The molecule has 5 unspecified atom stereocenters. The van der Waals surface area contributed by atoms with Crippen LogP contribution < -0.4 is 0 Å². The maximum atomic E-state index is 2.62. The maximum Gasteiger partial charge on any atom is -0.0257 e. The van der Waals surface area contributed by atoms with E-state index < -0.39 is 0 Å². The summed E-state index contributed by atoms with van der Waals surface area (Å²) in [7, 11) is 0. The zero-order valence-corrected chi connectivity index (χ0v) is 15.8. The summed E-state index contributed by atoms with van der Waals surface area (Å²) in [5, 5.41) is 0. The van der Waals surface area contributed by atoms with Gasteiger partial charge in [0.15, 0.2) is 0 Å². The Labute approximate surface area is 134 Å². The zero-order valence-electron chi connectivity index (χ0n) is 15.8. The summed E-state index contributed by atoms with van der Waals surface area (Å²) in [6.07, 6.45) is 10.9. The maximum absolute atomic E-state index is 2.62. The highest BCUT2D eigenvalue weighted by atomic mass is 14.4. The number of hydrogen-bond acceptors (Lipinski definition) is 0. The monoisotopic (exact) mass is 292 g/mol. The van der Waals surface area contributed by atoms with E-state index in [2.05, 4.69) is 54.5 Å². The quantitative estimate of drug-likeness (QED) is 0.397. The van der Waals surface area contributed by atoms with Gasteiger partial charge in [0.05, 0.1) is 0 Å². The van der Waals surface area contributed by atoms with Gasteiger partial charge in [-0.2, -0.15) is 0 Å². The van der Waals surface area contributed by atoms with Crippen molar-refractivity contribution in [1.29, 1.82) is 0 Å². The molecule has 5 atom stereocenters. The van der Waals surface area contributed by atoms with Gasteiger partial charge in [-0.25, -0.2) is 0 Å². The molecule has 0 aliphatic heterocycles. The van der Waals surface area contributed by atoms with Crippen molar-refractivity contribution >= 4 is 0 Å². The van der Waals surface area contributed by atoms with Crippen LogP contribution in [0.25, 0.3) is 0 Å². The molecule has 1 aliphatic rings. The van der Waals surface area contributed by atoms with Crippen LogP contribution in [0, 0.1) is 35.5 Å². The molecule has 0 aromatic heterocycles. The summed E-state index contributed by atoms with van der Waals surface area (Å²) in [6, 6.07) is 0. The lowest BCUT2D eigenvalue weighted by Gasteiger charge is -2.39. The second kappa shape index (κ2) is 9.01. The fourth-order valence-corrected chi connectivity index (χ4v) is 4.24. The van der Waals surface area contributed by atoms with E-state index in [4.69, 9.17) is 0 Å². The SMILES string of the molecule is CCCC(C)CC(C)C=C(CC(C)C1CCC1C)C(C)C. The van der Waals surface area contributed by atoms with Crippen molar-refractivity contribution in [3.63, 3.8) is 0 Å². The molecule has 1 aliphatic carbocycles. The summed E-state index contributed by atoms with van der Waals surface area (Å²) < 4.78 is 0. The highest BCUT2D eigenvalue weighted by molar-refractivity contribution is 5.08. The van der Waals surface area contributed by atoms with Crippen molar-refractivity contribution in [2.24, 2.45) is 35.5 Å². The van der Waals surface area contributed by atoms with Crippen LogP contribution in [0.1, 0.15) is 87.0 Å². The molecule has 0 bridgehead atoms. The fourth-order valence-electron chi connectivity index (χ4n) is 4.24. The minimum Gasteiger partial charge on any atom is -0.0822 e. The Morgan fingerprint density at radius 2 is 1.76 bits per heavy atom. The van der Waals surface area contributed by atoms with E-state index in [1.807, 2.05) is 0 Å². The first-order valence-electron chi connectivity index (χ1n) is 9.55. The first kappa shape index (κ1) is 18.8. The fraction of sp³-hybridized carbons (Fsp3) is 0.905. The van der Waals surface area contributed by atoms with Crippen molar-refractivity contribution in [2.75, 3.05) is 0 Å². The average molecular weight is 293 g/mol. The Hall–Kier alpha value is -0.260. The van der Waals surface area contributed by atoms with E-state index in [-0.39, 0.29) is 0 Å². The van der Waals surface area contributed by atoms with Crippen LogP contribution in [-0.4, -0.2) is 0 Å². The predicted molar refractivity (Wildman–Crippen MR) is 96.4 cm³/mol. The van der Waals surface area contributed by atoms with Crippen molar-refractivity contribution in [3.05, 3.63) is 11.6 Å². The molecule has 124 valence electrons. The molecular formula is C21H40. The highest BCUT2D eigenvalue weighted by Gasteiger charge is 2.31. The Balaban J connectivity index is 2.56. The normalized spacial score (nSPS) is 27.3. The van der Waals surface area contributed by atoms with Crippen LogP contribution in [0.15, 0.2) is 11.6 Å². The second-order valence-electron chi connectivity index (χ2n) is 8.40. The van der Waals surface area contributed by atoms with Gasteiger partial charge in [0.1, 0.15) is 0 Å². The first-order chi connectivity index (χ1) is 9.85. The molecule has 0 amide bonds. The van der Waals surface area contributed by atoms with E-state index in [0.717, 1.165) is 29.6 Å². The van der Waals surface area contributed by atoms with Crippen molar-refractivity contribution in [3.8, 4) is 0 Å². The molecule has 0 spiro atoms. The van der Waals surface area contributed by atoms with Crippen molar-refractivity contribution in [2.45, 2.75) is 87.0 Å². The van der Waals surface area contributed by atoms with Gasteiger partial charge < -0.3 is 0 Å². The van der Waals surface area contributed by atoms with Crippen LogP contribution in [0.3, 0.4) is 0 Å². The second-order valence-corrected chi connectivity index (χ2v) is 8.40. The van der Waals surface area contributed by atoms with Crippen LogP contribution in [-0.2, 0) is 0 Å². The standard InChI is InChI=1S/C21H40/c1-8-9-16(4)12-17(5)13-20(15(2)3)14-19(7)21-11-10-18(21)6/h13,15-19,21H,8-12,14H2,1-7H3. The molecule has 0 saturated heterocycles. The molecule has 0 heteroatoms. The number of rotatable bonds is 9. The molecule has 0 nitrogen and oxygen atoms in total. The van der Waals surface area contributed by atoms with E-state index in [9.17, 15) is 0 Å². The third kappa shape index (κ3) is 6.17. The van der Waals surface area contributed by atoms with Gasteiger partial charge in [-0.3, -0.25) is 0 Å². The number of allylic oxidation sites excluding steroid dienone is 2. The molecule has 0 heterocycles. The zero-order chi connectivity index (χ0) is 16.0. The molecule has 1 fully saturated rings. The molecule has 1 rings (SSSR count). The lowest BCUT2D eigenvalue weighted by Crippen LogP contribution is -2.29. The summed E-state index contributed by atoms with van der Waals surface area (Å²) in [6.45, 7) is 16.8. The molecule has 1 saturated carbocycles. The van der Waals surface area contributed by atoms with E-state index in [1.54, 1.807) is 5.57 Å². The highest BCUT2D eigenvalue weighted by Crippen LogP contribution is 2.42. The predicted octanol–water partition coefficient (Wildman–Crippen LogP) is 7.10.